The number of rotatable bonds is 5. The predicted octanol–water partition coefficient (Wildman–Crippen LogP) is 4.80. The molecule has 2 aromatic carbocycles. The third-order valence-electron chi connectivity index (χ3n) is 3.96. The van der Waals surface area contributed by atoms with Crippen LogP contribution in [0, 0.1) is 6.92 Å². The van der Waals surface area contributed by atoms with Gasteiger partial charge in [-0.25, -0.2) is 0 Å². The zero-order valence-corrected chi connectivity index (χ0v) is 14.4. The molecular weight excluding hydrogens is 310 g/mol. The van der Waals surface area contributed by atoms with Crippen LogP contribution in [0.15, 0.2) is 73.1 Å². The second kappa shape index (κ2) is 7.62. The Labute approximate surface area is 148 Å². The lowest BCUT2D eigenvalue weighted by Crippen LogP contribution is -2.18. The first-order valence-corrected chi connectivity index (χ1v) is 8.33. The molecule has 3 rings (SSSR count). The lowest BCUT2D eigenvalue weighted by atomic mass is 10.2. The molecule has 0 aliphatic heterocycles. The molecule has 0 unspecified atom stereocenters. The molecule has 0 saturated heterocycles. The van der Waals surface area contributed by atoms with Crippen LogP contribution in [-0.2, 0) is 0 Å². The molecule has 1 amide bonds. The Bertz CT molecular complexity index is 862. The van der Waals surface area contributed by atoms with Gasteiger partial charge in [-0.1, -0.05) is 30.3 Å². The van der Waals surface area contributed by atoms with Gasteiger partial charge < -0.3 is 10.2 Å². The molecule has 0 aliphatic rings. The van der Waals surface area contributed by atoms with E-state index in [1.165, 1.54) is 0 Å². The number of nitrogens with one attached hydrogen (secondary N) is 1. The minimum Gasteiger partial charge on any atom is -0.340 e. The molecule has 1 N–H and O–H groups in total. The number of para-hydroxylation sites is 1. The van der Waals surface area contributed by atoms with E-state index < -0.39 is 0 Å². The van der Waals surface area contributed by atoms with Gasteiger partial charge in [0, 0.05) is 24.1 Å². The van der Waals surface area contributed by atoms with E-state index >= 15 is 0 Å². The highest BCUT2D eigenvalue weighted by molar-refractivity contribution is 6.04. The van der Waals surface area contributed by atoms with Crippen molar-refractivity contribution in [1.29, 1.82) is 0 Å². The van der Waals surface area contributed by atoms with Gasteiger partial charge in [0.15, 0.2) is 0 Å². The van der Waals surface area contributed by atoms with Crippen LogP contribution >= 0.6 is 0 Å². The van der Waals surface area contributed by atoms with Crippen molar-refractivity contribution in [2.45, 2.75) is 13.8 Å². The van der Waals surface area contributed by atoms with E-state index in [-0.39, 0.29) is 5.91 Å². The molecule has 4 heteroatoms. The number of aromatic nitrogens is 1. The number of aryl methyl sites for hydroxylation is 1. The first kappa shape index (κ1) is 16.7. The number of carbonyl (C=O) groups is 1. The number of nitrogens with zero attached hydrogens (tertiary/aromatic N) is 2. The summed E-state index contributed by atoms with van der Waals surface area (Å²) in [5.41, 5.74) is 4.39. The third kappa shape index (κ3) is 4.04. The van der Waals surface area contributed by atoms with Gasteiger partial charge in [0.2, 0.25) is 0 Å². The molecule has 0 radical (unpaired) electrons. The molecule has 3 aromatic rings. The number of hydrogen-bond acceptors (Lipinski definition) is 3. The quantitative estimate of drug-likeness (QED) is 0.730. The Morgan fingerprint density at radius 2 is 1.80 bits per heavy atom. The van der Waals surface area contributed by atoms with Crippen LogP contribution in [0.5, 0.6) is 0 Å². The Balaban J connectivity index is 1.84. The van der Waals surface area contributed by atoms with Crippen LogP contribution in [0.1, 0.15) is 22.8 Å². The first-order chi connectivity index (χ1) is 12.2. The zero-order valence-electron chi connectivity index (χ0n) is 14.4. The second-order valence-corrected chi connectivity index (χ2v) is 5.84. The standard InChI is InChI=1S/C21H21N3O/c1-3-24(19-10-5-4-6-11-19)20-13-17(14-22-15-20)21(25)23-18-9-7-8-16(2)12-18/h4-15H,3H2,1-2H3,(H,23,25). The number of benzene rings is 2. The van der Waals surface area contributed by atoms with Crippen molar-refractivity contribution in [3.8, 4) is 0 Å². The fourth-order valence-electron chi connectivity index (χ4n) is 2.75. The topological polar surface area (TPSA) is 45.2 Å². The minimum absolute atomic E-state index is 0.163. The lowest BCUT2D eigenvalue weighted by molar-refractivity contribution is 0.102. The van der Waals surface area contributed by atoms with Gasteiger partial charge in [-0.3, -0.25) is 9.78 Å². The molecule has 25 heavy (non-hydrogen) atoms. The van der Waals surface area contributed by atoms with E-state index in [0.717, 1.165) is 29.2 Å². The molecule has 0 aliphatic carbocycles. The molecule has 0 atom stereocenters. The molecule has 0 fully saturated rings. The van der Waals surface area contributed by atoms with Crippen molar-refractivity contribution in [3.05, 3.63) is 84.2 Å². The van der Waals surface area contributed by atoms with Crippen LogP contribution < -0.4 is 10.2 Å². The van der Waals surface area contributed by atoms with E-state index in [9.17, 15) is 4.79 Å². The van der Waals surface area contributed by atoms with Gasteiger partial charge in [-0.2, -0.15) is 0 Å². The molecule has 4 nitrogen and oxygen atoms in total. The molecule has 0 spiro atoms. The maximum Gasteiger partial charge on any atom is 0.257 e. The number of hydrogen-bond donors (Lipinski definition) is 1. The molecule has 1 aromatic heterocycles. The van der Waals surface area contributed by atoms with Crippen LogP contribution in [-0.4, -0.2) is 17.4 Å². The summed E-state index contributed by atoms with van der Waals surface area (Å²) in [7, 11) is 0. The fourth-order valence-corrected chi connectivity index (χ4v) is 2.75. The van der Waals surface area contributed by atoms with Crippen molar-refractivity contribution in [2.24, 2.45) is 0 Å². The van der Waals surface area contributed by atoms with Gasteiger partial charge in [0.05, 0.1) is 17.4 Å². The summed E-state index contributed by atoms with van der Waals surface area (Å²) in [5, 5.41) is 2.93. The maximum absolute atomic E-state index is 12.6. The number of anilines is 3. The van der Waals surface area contributed by atoms with Crippen molar-refractivity contribution in [3.63, 3.8) is 0 Å². The summed E-state index contributed by atoms with van der Waals surface area (Å²) in [6.07, 6.45) is 3.37. The monoisotopic (exact) mass is 331 g/mol. The Morgan fingerprint density at radius 3 is 2.52 bits per heavy atom. The van der Waals surface area contributed by atoms with Crippen LogP contribution in [0.3, 0.4) is 0 Å². The van der Waals surface area contributed by atoms with Crippen molar-refractivity contribution >= 4 is 23.0 Å². The predicted molar refractivity (Wildman–Crippen MR) is 102 cm³/mol. The Morgan fingerprint density at radius 1 is 1.00 bits per heavy atom. The van der Waals surface area contributed by atoms with Crippen molar-refractivity contribution in [2.75, 3.05) is 16.8 Å². The van der Waals surface area contributed by atoms with Crippen molar-refractivity contribution in [1.82, 2.24) is 4.98 Å². The molecule has 126 valence electrons. The number of carbonyl (C=O) groups excluding carboxylic acids is 1. The van der Waals surface area contributed by atoms with Gasteiger partial charge in [0.1, 0.15) is 0 Å². The van der Waals surface area contributed by atoms with Gasteiger partial charge in [-0.05, 0) is 49.7 Å². The minimum atomic E-state index is -0.163. The summed E-state index contributed by atoms with van der Waals surface area (Å²) in [6, 6.07) is 19.7. The molecular formula is C21H21N3O. The zero-order chi connectivity index (χ0) is 17.6. The van der Waals surface area contributed by atoms with Gasteiger partial charge >= 0.3 is 0 Å². The van der Waals surface area contributed by atoms with Gasteiger partial charge in [0.25, 0.3) is 5.91 Å². The Kier molecular flexibility index (Phi) is 5.09. The molecule has 0 saturated carbocycles. The molecule has 0 bridgehead atoms. The highest BCUT2D eigenvalue weighted by Crippen LogP contribution is 2.25. The van der Waals surface area contributed by atoms with E-state index in [1.807, 2.05) is 67.6 Å². The lowest BCUT2D eigenvalue weighted by Gasteiger charge is -2.23. The summed E-state index contributed by atoms with van der Waals surface area (Å²) < 4.78 is 0. The highest BCUT2D eigenvalue weighted by Gasteiger charge is 2.12. The highest BCUT2D eigenvalue weighted by atomic mass is 16.1. The fraction of sp³-hybridized carbons (Fsp3) is 0.143. The first-order valence-electron chi connectivity index (χ1n) is 8.33. The average Bonchev–Trinajstić information content (AvgIpc) is 2.63. The second-order valence-electron chi connectivity index (χ2n) is 5.84. The number of amides is 1. The van der Waals surface area contributed by atoms with E-state index in [0.29, 0.717) is 5.56 Å². The third-order valence-corrected chi connectivity index (χ3v) is 3.96. The Hall–Kier alpha value is -3.14. The van der Waals surface area contributed by atoms with Gasteiger partial charge in [-0.15, -0.1) is 0 Å². The largest absolute Gasteiger partial charge is 0.340 e. The van der Waals surface area contributed by atoms with E-state index in [2.05, 4.69) is 22.1 Å². The smallest absolute Gasteiger partial charge is 0.257 e. The summed E-state index contributed by atoms with van der Waals surface area (Å²) in [5.74, 6) is -0.163. The SMILES string of the molecule is CCN(c1ccccc1)c1cncc(C(=O)Nc2cccc(C)c2)c1. The molecule has 1 heterocycles. The normalized spacial score (nSPS) is 10.3. The van der Waals surface area contributed by atoms with Crippen LogP contribution in [0.25, 0.3) is 0 Å². The summed E-state index contributed by atoms with van der Waals surface area (Å²) >= 11 is 0. The van der Waals surface area contributed by atoms with E-state index in [4.69, 9.17) is 0 Å². The van der Waals surface area contributed by atoms with Crippen molar-refractivity contribution < 1.29 is 4.79 Å². The van der Waals surface area contributed by atoms with Crippen LogP contribution in [0.2, 0.25) is 0 Å². The number of pyridine rings is 1. The van der Waals surface area contributed by atoms with E-state index in [1.54, 1.807) is 12.4 Å². The summed E-state index contributed by atoms with van der Waals surface area (Å²) in [4.78, 5) is 18.9. The van der Waals surface area contributed by atoms with Crippen LogP contribution in [0.4, 0.5) is 17.1 Å². The summed E-state index contributed by atoms with van der Waals surface area (Å²) in [6.45, 7) is 4.86. The average molecular weight is 331 g/mol. The maximum atomic E-state index is 12.6.